The molecule has 1 fully saturated rings. The fourth-order valence-corrected chi connectivity index (χ4v) is 4.86. The molecule has 4 rings (SSSR count). The zero-order valence-corrected chi connectivity index (χ0v) is 19.3. The number of nitrogens with one attached hydrogen (secondary N) is 1. The quantitative estimate of drug-likeness (QED) is 0.515. The Bertz CT molecular complexity index is 1130. The van der Waals surface area contributed by atoms with Gasteiger partial charge in [-0.1, -0.05) is 35.4 Å². The molecule has 0 radical (unpaired) electrons. The number of hydrogen-bond acceptors (Lipinski definition) is 7. The molecule has 1 N–H and O–H groups in total. The molecule has 1 aliphatic heterocycles. The predicted molar refractivity (Wildman–Crippen MR) is 124 cm³/mol. The van der Waals surface area contributed by atoms with Crippen LogP contribution in [-0.2, 0) is 14.6 Å². The van der Waals surface area contributed by atoms with Gasteiger partial charge in [-0.15, -0.1) is 0 Å². The van der Waals surface area contributed by atoms with Crippen molar-refractivity contribution in [2.45, 2.75) is 30.2 Å². The average molecular weight is 456 g/mol. The van der Waals surface area contributed by atoms with E-state index in [2.05, 4.69) is 15.2 Å². The molecule has 2 aromatic carbocycles. The van der Waals surface area contributed by atoms with Gasteiger partial charge < -0.3 is 14.5 Å². The first-order valence-corrected chi connectivity index (χ1v) is 12.4. The van der Waals surface area contributed by atoms with Crippen molar-refractivity contribution in [3.63, 3.8) is 0 Å². The van der Waals surface area contributed by atoms with Gasteiger partial charge in [0.25, 0.3) is 0 Å². The molecule has 7 nitrogen and oxygen atoms in total. The number of hydrogen-bond donors (Lipinski definition) is 1. The summed E-state index contributed by atoms with van der Waals surface area (Å²) in [7, 11) is -3.83. The molecule has 1 saturated heterocycles. The molecule has 0 amide bonds. The largest absolute Gasteiger partial charge is 0.419 e. The SMILES string of the molecule is Cc1ccc(-c2nc(S(=O)(=O)c3ccc(C)cc3)c(NCCCN3CCOCC3)o2)cc1. The van der Waals surface area contributed by atoms with Crippen LogP contribution in [-0.4, -0.2) is 57.7 Å². The molecule has 0 aliphatic carbocycles. The van der Waals surface area contributed by atoms with E-state index in [1.54, 1.807) is 24.3 Å². The predicted octanol–water partition coefficient (Wildman–Crippen LogP) is 3.93. The summed E-state index contributed by atoms with van der Waals surface area (Å²) in [5, 5.41) is 3.10. The van der Waals surface area contributed by atoms with Crippen molar-refractivity contribution in [2.75, 3.05) is 44.7 Å². The van der Waals surface area contributed by atoms with E-state index in [0.717, 1.165) is 56.0 Å². The number of ether oxygens (including phenoxy) is 1. The summed E-state index contributed by atoms with van der Waals surface area (Å²) >= 11 is 0. The Balaban J connectivity index is 1.58. The van der Waals surface area contributed by atoms with Gasteiger partial charge in [0.15, 0.2) is 0 Å². The number of benzene rings is 2. The van der Waals surface area contributed by atoms with Crippen molar-refractivity contribution in [2.24, 2.45) is 0 Å². The number of sulfone groups is 1. The van der Waals surface area contributed by atoms with Crippen LogP contribution < -0.4 is 5.32 Å². The lowest BCUT2D eigenvalue weighted by atomic mass is 10.1. The summed E-state index contributed by atoms with van der Waals surface area (Å²) in [6.45, 7) is 8.77. The molecule has 170 valence electrons. The number of aryl methyl sites for hydroxylation is 2. The van der Waals surface area contributed by atoms with E-state index < -0.39 is 9.84 Å². The van der Waals surface area contributed by atoms with E-state index in [1.807, 2.05) is 38.1 Å². The Morgan fingerprint density at radius 2 is 1.59 bits per heavy atom. The minimum absolute atomic E-state index is 0.0803. The molecule has 32 heavy (non-hydrogen) atoms. The van der Waals surface area contributed by atoms with Crippen molar-refractivity contribution in [3.8, 4) is 11.5 Å². The van der Waals surface area contributed by atoms with Gasteiger partial charge in [-0.05, 0) is 51.1 Å². The lowest BCUT2D eigenvalue weighted by Gasteiger charge is -2.26. The van der Waals surface area contributed by atoms with Crippen molar-refractivity contribution in [3.05, 3.63) is 59.7 Å². The monoisotopic (exact) mass is 455 g/mol. The maximum absolute atomic E-state index is 13.4. The van der Waals surface area contributed by atoms with Crippen molar-refractivity contribution in [1.29, 1.82) is 0 Å². The first-order valence-electron chi connectivity index (χ1n) is 10.9. The van der Waals surface area contributed by atoms with Gasteiger partial charge in [-0.2, -0.15) is 4.98 Å². The van der Waals surface area contributed by atoms with Crippen LogP contribution in [0.2, 0.25) is 0 Å². The van der Waals surface area contributed by atoms with Gasteiger partial charge in [0, 0.05) is 25.2 Å². The smallest absolute Gasteiger partial charge is 0.233 e. The number of rotatable bonds is 8. The van der Waals surface area contributed by atoms with Crippen molar-refractivity contribution >= 4 is 15.7 Å². The van der Waals surface area contributed by atoms with E-state index in [9.17, 15) is 8.42 Å². The second-order valence-corrected chi connectivity index (χ2v) is 9.94. The highest BCUT2D eigenvalue weighted by Gasteiger charge is 2.28. The number of aromatic nitrogens is 1. The Morgan fingerprint density at radius 3 is 2.25 bits per heavy atom. The van der Waals surface area contributed by atoms with Gasteiger partial charge in [0.2, 0.25) is 26.6 Å². The number of anilines is 1. The Kier molecular flexibility index (Phi) is 6.93. The van der Waals surface area contributed by atoms with Crippen LogP contribution >= 0.6 is 0 Å². The third-order valence-electron chi connectivity index (χ3n) is 5.52. The number of nitrogens with zero attached hydrogens (tertiary/aromatic N) is 2. The van der Waals surface area contributed by atoms with Crippen molar-refractivity contribution < 1.29 is 17.6 Å². The first kappa shape index (κ1) is 22.5. The summed E-state index contributed by atoms with van der Waals surface area (Å²) < 4.78 is 38.0. The zero-order chi connectivity index (χ0) is 22.6. The molecular formula is C24H29N3O4S. The molecule has 0 saturated carbocycles. The summed E-state index contributed by atoms with van der Waals surface area (Å²) in [6, 6.07) is 14.4. The van der Waals surface area contributed by atoms with Crippen LogP contribution in [0.3, 0.4) is 0 Å². The number of oxazole rings is 1. The summed E-state index contributed by atoms with van der Waals surface area (Å²) in [5.74, 6) is 0.467. The van der Waals surface area contributed by atoms with Gasteiger partial charge in [-0.25, -0.2) is 8.42 Å². The van der Waals surface area contributed by atoms with Crippen molar-refractivity contribution in [1.82, 2.24) is 9.88 Å². The molecule has 8 heteroatoms. The lowest BCUT2D eigenvalue weighted by molar-refractivity contribution is 0.0378. The van der Waals surface area contributed by atoms with Crippen LogP contribution in [0.15, 0.2) is 62.9 Å². The molecular weight excluding hydrogens is 426 g/mol. The average Bonchev–Trinajstić information content (AvgIpc) is 3.23. The fraction of sp³-hybridized carbons (Fsp3) is 0.375. The molecule has 3 aromatic rings. The van der Waals surface area contributed by atoms with Crippen LogP contribution in [0.1, 0.15) is 17.5 Å². The molecule has 1 aliphatic rings. The second kappa shape index (κ2) is 9.85. The maximum atomic E-state index is 13.4. The zero-order valence-electron chi connectivity index (χ0n) is 18.5. The third kappa shape index (κ3) is 5.20. The molecule has 0 spiro atoms. The Labute approximate surface area is 189 Å². The van der Waals surface area contributed by atoms with E-state index >= 15 is 0 Å². The highest BCUT2D eigenvalue weighted by atomic mass is 32.2. The van der Waals surface area contributed by atoms with Gasteiger partial charge in [0.1, 0.15) is 0 Å². The molecule has 0 atom stereocenters. The summed E-state index contributed by atoms with van der Waals surface area (Å²) in [5.41, 5.74) is 2.83. The normalized spacial score (nSPS) is 15.1. The highest BCUT2D eigenvalue weighted by molar-refractivity contribution is 7.91. The van der Waals surface area contributed by atoms with E-state index in [4.69, 9.17) is 9.15 Å². The van der Waals surface area contributed by atoms with E-state index in [1.165, 1.54) is 0 Å². The van der Waals surface area contributed by atoms with Crippen LogP contribution in [0.4, 0.5) is 5.88 Å². The van der Waals surface area contributed by atoms with Gasteiger partial charge in [-0.3, -0.25) is 4.90 Å². The summed E-state index contributed by atoms with van der Waals surface area (Å²) in [4.78, 5) is 6.94. The number of morpholine rings is 1. The van der Waals surface area contributed by atoms with Gasteiger partial charge >= 0.3 is 0 Å². The lowest BCUT2D eigenvalue weighted by Crippen LogP contribution is -2.37. The maximum Gasteiger partial charge on any atom is 0.233 e. The minimum Gasteiger partial charge on any atom is -0.419 e. The third-order valence-corrected chi connectivity index (χ3v) is 7.20. The van der Waals surface area contributed by atoms with Crippen LogP contribution in [0.5, 0.6) is 0 Å². The Morgan fingerprint density at radius 1 is 0.969 bits per heavy atom. The second-order valence-electron chi connectivity index (χ2n) is 8.07. The van der Waals surface area contributed by atoms with Crippen LogP contribution in [0.25, 0.3) is 11.5 Å². The fourth-order valence-electron chi connectivity index (χ4n) is 3.58. The topological polar surface area (TPSA) is 84.7 Å². The van der Waals surface area contributed by atoms with Crippen LogP contribution in [0, 0.1) is 13.8 Å². The Hall–Kier alpha value is -2.68. The first-order chi connectivity index (χ1) is 15.4. The molecule has 0 bridgehead atoms. The standard InChI is InChI=1S/C24H29N3O4S/c1-18-4-8-20(9-5-18)22-26-24(32(28,29)21-10-6-19(2)7-11-21)23(31-22)25-12-3-13-27-14-16-30-17-15-27/h4-11,25H,3,12-17H2,1-2H3. The van der Waals surface area contributed by atoms with Gasteiger partial charge in [0.05, 0.1) is 18.1 Å². The van der Waals surface area contributed by atoms with E-state index in [0.29, 0.717) is 6.54 Å². The molecule has 0 unspecified atom stereocenters. The van der Waals surface area contributed by atoms with E-state index in [-0.39, 0.29) is 21.7 Å². The minimum atomic E-state index is -3.83. The molecule has 2 heterocycles. The highest BCUT2D eigenvalue weighted by Crippen LogP contribution is 2.32. The molecule has 1 aromatic heterocycles. The summed E-state index contributed by atoms with van der Waals surface area (Å²) in [6.07, 6.45) is 0.852.